The molecule has 0 aliphatic heterocycles. The molecule has 2 aromatic carbocycles. The number of ether oxygens (including phenoxy) is 2. The number of carbonyl (C=O) groups excluding carboxylic acids is 1. The van der Waals surface area contributed by atoms with Crippen molar-refractivity contribution in [3.63, 3.8) is 0 Å². The minimum absolute atomic E-state index is 0.0696. The lowest BCUT2D eigenvalue weighted by atomic mass is 9.86. The van der Waals surface area contributed by atoms with E-state index in [1.165, 1.54) is 7.11 Å². The quantitative estimate of drug-likeness (QED) is 0.544. The maximum atomic E-state index is 12.9. The summed E-state index contributed by atoms with van der Waals surface area (Å²) in [4.78, 5) is 12.9. The summed E-state index contributed by atoms with van der Waals surface area (Å²) in [5, 5.41) is 2.81. The Labute approximate surface area is 191 Å². The molecule has 2 rings (SSSR count). The van der Waals surface area contributed by atoms with Crippen molar-refractivity contribution in [2.45, 2.75) is 45.6 Å². The van der Waals surface area contributed by atoms with Crippen LogP contribution in [0.1, 0.15) is 39.7 Å². The summed E-state index contributed by atoms with van der Waals surface area (Å²) in [5.74, 6) is 0.904. The molecule has 1 atom stereocenters. The van der Waals surface area contributed by atoms with Gasteiger partial charge in [-0.15, -0.1) is 0 Å². The van der Waals surface area contributed by atoms with Gasteiger partial charge in [0.05, 0.1) is 25.6 Å². The predicted molar refractivity (Wildman–Crippen MR) is 128 cm³/mol. The number of anilines is 1. The van der Waals surface area contributed by atoms with Crippen molar-refractivity contribution in [1.29, 1.82) is 0 Å². The maximum absolute atomic E-state index is 12.9. The van der Waals surface area contributed by atoms with Crippen LogP contribution in [0.25, 0.3) is 0 Å². The third kappa shape index (κ3) is 6.63. The summed E-state index contributed by atoms with van der Waals surface area (Å²) in [6, 6.07) is 13.6. The summed E-state index contributed by atoms with van der Waals surface area (Å²) in [5.41, 5.74) is 1.39. The number of para-hydroxylation sites is 1. The molecule has 0 saturated carbocycles. The van der Waals surface area contributed by atoms with Gasteiger partial charge in [0.25, 0.3) is 0 Å². The van der Waals surface area contributed by atoms with Gasteiger partial charge in [0.1, 0.15) is 24.1 Å². The van der Waals surface area contributed by atoms with Crippen LogP contribution in [0.2, 0.25) is 0 Å². The third-order valence-electron chi connectivity index (χ3n) is 4.99. The lowest BCUT2D eigenvalue weighted by Crippen LogP contribution is -2.50. The molecule has 1 amide bonds. The highest BCUT2D eigenvalue weighted by molar-refractivity contribution is 7.92. The minimum atomic E-state index is -3.71. The number of nitrogens with zero attached hydrogens (tertiary/aromatic N) is 1. The second-order valence-corrected chi connectivity index (χ2v) is 10.4. The van der Waals surface area contributed by atoms with Crippen molar-refractivity contribution in [3.8, 4) is 11.5 Å². The summed E-state index contributed by atoms with van der Waals surface area (Å²) >= 11 is 0. The third-order valence-corrected chi connectivity index (χ3v) is 6.17. The van der Waals surface area contributed by atoms with E-state index in [4.69, 9.17) is 9.47 Å². The van der Waals surface area contributed by atoms with Crippen molar-refractivity contribution < 1.29 is 22.7 Å². The number of hydrogen-bond acceptors (Lipinski definition) is 5. The van der Waals surface area contributed by atoms with Gasteiger partial charge < -0.3 is 14.8 Å². The fourth-order valence-electron chi connectivity index (χ4n) is 3.47. The van der Waals surface area contributed by atoms with Crippen LogP contribution >= 0.6 is 0 Å². The Balaban J connectivity index is 2.10. The van der Waals surface area contributed by atoms with Crippen molar-refractivity contribution in [1.82, 2.24) is 5.32 Å². The Morgan fingerprint density at radius 1 is 1.12 bits per heavy atom. The molecule has 0 saturated heterocycles. The lowest BCUT2D eigenvalue weighted by Gasteiger charge is -2.30. The fourth-order valence-corrected chi connectivity index (χ4v) is 4.68. The molecule has 0 aliphatic rings. The van der Waals surface area contributed by atoms with E-state index < -0.39 is 16.1 Å². The van der Waals surface area contributed by atoms with E-state index in [2.05, 4.69) is 26.1 Å². The predicted octanol–water partition coefficient (Wildman–Crippen LogP) is 3.73. The zero-order chi connectivity index (χ0) is 23.9. The van der Waals surface area contributed by atoms with Gasteiger partial charge in [-0.25, -0.2) is 8.42 Å². The molecule has 7 nitrogen and oxygen atoms in total. The number of hydrogen-bond donors (Lipinski definition) is 1. The molecule has 0 bridgehead atoms. The highest BCUT2D eigenvalue weighted by Crippen LogP contribution is 2.31. The lowest BCUT2D eigenvalue weighted by molar-refractivity contribution is -0.122. The standard InChI is InChI=1S/C24H34N2O5S/c1-7-21(26(32(6,28)29)18-11-10-12-19(17-18)30-5)23(27)25-15-16-31-22-14-9-8-13-20(22)24(2,3)4/h8-14,17,21H,7,15-16H2,1-6H3,(H,25,27)/t21-/m0/s1. The van der Waals surface area contributed by atoms with Crippen LogP contribution in [0.3, 0.4) is 0 Å². The summed E-state index contributed by atoms with van der Waals surface area (Å²) < 4.78 is 37.4. The Hall–Kier alpha value is -2.74. The second kappa shape index (κ2) is 10.7. The molecular formula is C24H34N2O5S. The van der Waals surface area contributed by atoms with Crippen LogP contribution in [0.5, 0.6) is 11.5 Å². The van der Waals surface area contributed by atoms with Crippen LogP contribution < -0.4 is 19.1 Å². The molecule has 0 radical (unpaired) electrons. The molecule has 0 spiro atoms. The van der Waals surface area contributed by atoms with Crippen LogP contribution in [0.4, 0.5) is 5.69 Å². The SMILES string of the molecule is CC[C@@H](C(=O)NCCOc1ccccc1C(C)(C)C)N(c1cccc(OC)c1)S(C)(=O)=O. The summed E-state index contributed by atoms with van der Waals surface area (Å²) in [6.45, 7) is 8.64. The molecule has 0 unspecified atom stereocenters. The second-order valence-electron chi connectivity index (χ2n) is 8.57. The average Bonchev–Trinajstić information content (AvgIpc) is 2.73. The van der Waals surface area contributed by atoms with E-state index in [0.717, 1.165) is 21.9 Å². The molecule has 0 fully saturated rings. The van der Waals surface area contributed by atoms with Gasteiger partial charge in [-0.3, -0.25) is 9.10 Å². The molecule has 0 aliphatic carbocycles. The number of methoxy groups -OCH3 is 1. The Morgan fingerprint density at radius 2 is 1.81 bits per heavy atom. The normalized spacial score (nSPS) is 12.7. The largest absolute Gasteiger partial charge is 0.497 e. The Bertz CT molecular complexity index is 1020. The van der Waals surface area contributed by atoms with Gasteiger partial charge in [-0.1, -0.05) is 52.0 Å². The summed E-state index contributed by atoms with van der Waals surface area (Å²) in [6.07, 6.45) is 1.40. The highest BCUT2D eigenvalue weighted by atomic mass is 32.2. The van der Waals surface area contributed by atoms with E-state index in [1.54, 1.807) is 31.2 Å². The first-order valence-electron chi connectivity index (χ1n) is 10.6. The number of sulfonamides is 1. The van der Waals surface area contributed by atoms with Crippen molar-refractivity contribution in [2.24, 2.45) is 0 Å². The maximum Gasteiger partial charge on any atom is 0.244 e. The molecule has 1 N–H and O–H groups in total. The minimum Gasteiger partial charge on any atom is -0.497 e. The highest BCUT2D eigenvalue weighted by Gasteiger charge is 2.31. The van der Waals surface area contributed by atoms with E-state index in [1.807, 2.05) is 24.3 Å². The van der Waals surface area contributed by atoms with E-state index in [9.17, 15) is 13.2 Å². The zero-order valence-corrected chi connectivity index (χ0v) is 20.5. The molecular weight excluding hydrogens is 428 g/mol. The van der Waals surface area contributed by atoms with Crippen molar-refractivity contribution >= 4 is 21.6 Å². The molecule has 8 heteroatoms. The fraction of sp³-hybridized carbons (Fsp3) is 0.458. The van der Waals surface area contributed by atoms with Gasteiger partial charge in [0, 0.05) is 6.07 Å². The van der Waals surface area contributed by atoms with Gasteiger partial charge in [0.15, 0.2) is 0 Å². The molecule has 0 aromatic heterocycles. The van der Waals surface area contributed by atoms with Crippen LogP contribution in [-0.4, -0.2) is 46.9 Å². The van der Waals surface area contributed by atoms with Crippen molar-refractivity contribution in [3.05, 3.63) is 54.1 Å². The first kappa shape index (κ1) is 25.5. The molecule has 0 heterocycles. The van der Waals surface area contributed by atoms with E-state index in [0.29, 0.717) is 17.9 Å². The van der Waals surface area contributed by atoms with Crippen LogP contribution in [-0.2, 0) is 20.2 Å². The monoisotopic (exact) mass is 462 g/mol. The zero-order valence-electron chi connectivity index (χ0n) is 19.7. The van der Waals surface area contributed by atoms with Gasteiger partial charge in [-0.2, -0.15) is 0 Å². The topological polar surface area (TPSA) is 84.9 Å². The number of rotatable bonds is 10. The number of benzene rings is 2. The van der Waals surface area contributed by atoms with Crippen molar-refractivity contribution in [2.75, 3.05) is 30.8 Å². The first-order valence-corrected chi connectivity index (χ1v) is 12.5. The van der Waals surface area contributed by atoms with Gasteiger partial charge in [-0.05, 0) is 35.6 Å². The van der Waals surface area contributed by atoms with Gasteiger partial charge >= 0.3 is 0 Å². The Morgan fingerprint density at radius 3 is 2.41 bits per heavy atom. The molecule has 176 valence electrons. The van der Waals surface area contributed by atoms with Gasteiger partial charge in [0.2, 0.25) is 15.9 Å². The molecule has 32 heavy (non-hydrogen) atoms. The van der Waals surface area contributed by atoms with E-state index >= 15 is 0 Å². The molecule has 2 aromatic rings. The first-order chi connectivity index (χ1) is 15.0. The van der Waals surface area contributed by atoms with Crippen LogP contribution in [0.15, 0.2) is 48.5 Å². The smallest absolute Gasteiger partial charge is 0.244 e. The Kier molecular flexibility index (Phi) is 8.55. The average molecular weight is 463 g/mol. The van der Waals surface area contributed by atoms with Crippen LogP contribution in [0, 0.1) is 0 Å². The number of carbonyl (C=O) groups is 1. The summed E-state index contributed by atoms with van der Waals surface area (Å²) in [7, 11) is -2.20. The number of amides is 1. The van der Waals surface area contributed by atoms with E-state index in [-0.39, 0.29) is 24.5 Å². The number of nitrogens with one attached hydrogen (secondary N) is 1.